The fraction of sp³-hybridized carbons (Fsp3) is 0.250. The summed E-state index contributed by atoms with van der Waals surface area (Å²) in [5.74, 6) is -1.60. The van der Waals surface area contributed by atoms with Crippen molar-refractivity contribution in [3.63, 3.8) is 0 Å². The van der Waals surface area contributed by atoms with Crippen molar-refractivity contribution in [3.8, 4) is 0 Å². The van der Waals surface area contributed by atoms with Crippen molar-refractivity contribution in [2.75, 3.05) is 12.4 Å². The van der Waals surface area contributed by atoms with Gasteiger partial charge in [0, 0.05) is 31.0 Å². The smallest absolute Gasteiger partial charge is 0.296 e. The van der Waals surface area contributed by atoms with Crippen LogP contribution in [0.5, 0.6) is 0 Å². The predicted octanol–water partition coefficient (Wildman–Crippen LogP) is 1.22. The number of nitrogens with one attached hydrogen (secondary N) is 2. The number of benzene rings is 1. The molecule has 0 atom stereocenters. The molecule has 0 aliphatic rings. The Morgan fingerprint density at radius 2 is 1.70 bits per heavy atom. The number of hydrogen-bond acceptors (Lipinski definition) is 4. The van der Waals surface area contributed by atoms with Crippen molar-refractivity contribution in [2.45, 2.75) is 13.8 Å². The van der Waals surface area contributed by atoms with E-state index in [2.05, 4.69) is 15.7 Å². The number of amides is 2. The van der Waals surface area contributed by atoms with E-state index in [1.165, 1.54) is 7.05 Å². The zero-order valence-electron chi connectivity index (χ0n) is 13.4. The van der Waals surface area contributed by atoms with Crippen LogP contribution in [0.2, 0.25) is 0 Å². The Kier molecular flexibility index (Phi) is 4.59. The second-order valence-electron chi connectivity index (χ2n) is 5.11. The number of aromatic nitrogens is 2. The van der Waals surface area contributed by atoms with Crippen molar-refractivity contribution >= 4 is 23.3 Å². The van der Waals surface area contributed by atoms with Gasteiger partial charge >= 0.3 is 0 Å². The molecular weight excluding hydrogens is 296 g/mol. The summed E-state index contributed by atoms with van der Waals surface area (Å²) in [7, 11) is 3.25. The quantitative estimate of drug-likeness (QED) is 0.655. The molecule has 0 aliphatic heterocycles. The zero-order valence-corrected chi connectivity index (χ0v) is 13.4. The Morgan fingerprint density at radius 1 is 1.09 bits per heavy atom. The Balaban J connectivity index is 2.15. The van der Waals surface area contributed by atoms with Gasteiger partial charge in [0.25, 0.3) is 17.6 Å². The molecule has 2 rings (SSSR count). The highest BCUT2D eigenvalue weighted by Gasteiger charge is 2.23. The van der Waals surface area contributed by atoms with E-state index in [-0.39, 0.29) is 5.91 Å². The van der Waals surface area contributed by atoms with E-state index in [0.717, 1.165) is 0 Å². The van der Waals surface area contributed by atoms with E-state index >= 15 is 0 Å². The van der Waals surface area contributed by atoms with Crippen LogP contribution in [0, 0.1) is 13.8 Å². The first-order chi connectivity index (χ1) is 10.8. The number of carbonyl (C=O) groups is 3. The molecule has 0 bridgehead atoms. The summed E-state index contributed by atoms with van der Waals surface area (Å²) < 4.78 is 1.56. The highest BCUT2D eigenvalue weighted by atomic mass is 16.2. The van der Waals surface area contributed by atoms with Gasteiger partial charge in [0.05, 0.1) is 11.3 Å². The number of aryl methyl sites for hydroxylation is 2. The van der Waals surface area contributed by atoms with Gasteiger partial charge in [-0.05, 0) is 38.1 Å². The first-order valence-corrected chi connectivity index (χ1v) is 7.03. The Bertz CT molecular complexity index is 775. The van der Waals surface area contributed by atoms with E-state index in [9.17, 15) is 14.4 Å². The Labute approximate surface area is 133 Å². The van der Waals surface area contributed by atoms with Crippen LogP contribution in [-0.4, -0.2) is 34.4 Å². The van der Waals surface area contributed by atoms with E-state index < -0.39 is 11.7 Å². The molecule has 0 spiro atoms. The van der Waals surface area contributed by atoms with Gasteiger partial charge in [-0.2, -0.15) is 5.10 Å². The molecule has 0 fully saturated rings. The first kappa shape index (κ1) is 16.4. The maximum Gasteiger partial charge on any atom is 0.296 e. The lowest BCUT2D eigenvalue weighted by Gasteiger charge is -2.06. The van der Waals surface area contributed by atoms with Crippen LogP contribution in [0.4, 0.5) is 5.69 Å². The third-order valence-electron chi connectivity index (χ3n) is 3.57. The lowest BCUT2D eigenvalue weighted by atomic mass is 10.1. The maximum absolute atomic E-state index is 12.3. The second-order valence-corrected chi connectivity index (χ2v) is 5.11. The molecule has 7 nitrogen and oxygen atoms in total. The zero-order chi connectivity index (χ0) is 17.1. The molecule has 1 heterocycles. The maximum atomic E-state index is 12.3. The van der Waals surface area contributed by atoms with Gasteiger partial charge in [-0.3, -0.25) is 19.1 Å². The largest absolute Gasteiger partial charge is 0.355 e. The van der Waals surface area contributed by atoms with Crippen LogP contribution in [-0.2, 0) is 11.8 Å². The number of carbonyl (C=O) groups excluding carboxylic acids is 3. The Morgan fingerprint density at radius 3 is 2.17 bits per heavy atom. The predicted molar refractivity (Wildman–Crippen MR) is 85.5 cm³/mol. The van der Waals surface area contributed by atoms with Crippen molar-refractivity contribution in [2.24, 2.45) is 7.05 Å². The topological polar surface area (TPSA) is 93.1 Å². The van der Waals surface area contributed by atoms with Crippen LogP contribution in [0.1, 0.15) is 32.1 Å². The summed E-state index contributed by atoms with van der Waals surface area (Å²) in [5.41, 5.74) is 2.37. The summed E-state index contributed by atoms with van der Waals surface area (Å²) in [6.45, 7) is 3.42. The lowest BCUT2D eigenvalue weighted by molar-refractivity contribution is -0.112. The second kappa shape index (κ2) is 6.43. The van der Waals surface area contributed by atoms with E-state index in [4.69, 9.17) is 0 Å². The minimum Gasteiger partial charge on any atom is -0.355 e. The van der Waals surface area contributed by atoms with Crippen molar-refractivity contribution in [1.29, 1.82) is 0 Å². The van der Waals surface area contributed by atoms with Gasteiger partial charge in [-0.25, -0.2) is 0 Å². The molecule has 2 aromatic rings. The van der Waals surface area contributed by atoms with Crippen LogP contribution >= 0.6 is 0 Å². The fourth-order valence-electron chi connectivity index (χ4n) is 2.25. The summed E-state index contributed by atoms with van der Waals surface area (Å²) in [5, 5.41) is 9.17. The van der Waals surface area contributed by atoms with Gasteiger partial charge in [-0.15, -0.1) is 0 Å². The molecule has 0 radical (unpaired) electrons. The molecular formula is C16H18N4O3. The van der Waals surface area contributed by atoms with Gasteiger partial charge in [-0.1, -0.05) is 0 Å². The minimum absolute atomic E-state index is 0.222. The SMILES string of the molecule is CNC(=O)c1ccc(NC(=O)C(=O)c2c(C)nn(C)c2C)cc1. The van der Waals surface area contributed by atoms with E-state index in [0.29, 0.717) is 28.2 Å². The summed E-state index contributed by atoms with van der Waals surface area (Å²) in [6.07, 6.45) is 0. The molecule has 0 aliphatic carbocycles. The number of ketones is 1. The average Bonchev–Trinajstić information content (AvgIpc) is 2.79. The molecule has 0 saturated heterocycles. The standard InChI is InChI=1S/C16H18N4O3/c1-9-13(10(2)20(4)19-9)14(21)16(23)18-12-7-5-11(6-8-12)15(22)17-3/h5-8H,1-4H3,(H,17,22)(H,18,23). The van der Waals surface area contributed by atoms with Crippen LogP contribution in [0.3, 0.4) is 0 Å². The number of rotatable bonds is 4. The van der Waals surface area contributed by atoms with Crippen molar-refractivity contribution < 1.29 is 14.4 Å². The highest BCUT2D eigenvalue weighted by molar-refractivity contribution is 6.47. The highest BCUT2D eigenvalue weighted by Crippen LogP contribution is 2.15. The van der Waals surface area contributed by atoms with Gasteiger partial charge in [0.1, 0.15) is 0 Å². The van der Waals surface area contributed by atoms with Crippen LogP contribution < -0.4 is 10.6 Å². The third kappa shape index (κ3) is 3.28. The number of nitrogens with zero attached hydrogens (tertiary/aromatic N) is 2. The van der Waals surface area contributed by atoms with E-state index in [1.807, 2.05) is 0 Å². The van der Waals surface area contributed by atoms with Crippen LogP contribution in [0.25, 0.3) is 0 Å². The number of Topliss-reactive ketones (excluding diaryl/α,β-unsaturated/α-hetero) is 1. The lowest BCUT2D eigenvalue weighted by Crippen LogP contribution is -2.24. The number of hydrogen-bond donors (Lipinski definition) is 2. The van der Waals surface area contributed by atoms with Crippen LogP contribution in [0.15, 0.2) is 24.3 Å². The summed E-state index contributed by atoms with van der Waals surface area (Å²) in [6, 6.07) is 6.27. The van der Waals surface area contributed by atoms with Gasteiger partial charge in [0.15, 0.2) is 0 Å². The monoisotopic (exact) mass is 314 g/mol. The minimum atomic E-state index is -0.739. The molecule has 2 amide bonds. The molecule has 23 heavy (non-hydrogen) atoms. The first-order valence-electron chi connectivity index (χ1n) is 7.03. The molecule has 2 N–H and O–H groups in total. The average molecular weight is 314 g/mol. The van der Waals surface area contributed by atoms with E-state index in [1.54, 1.807) is 49.8 Å². The number of anilines is 1. The van der Waals surface area contributed by atoms with Crippen molar-refractivity contribution in [1.82, 2.24) is 15.1 Å². The molecule has 0 saturated carbocycles. The van der Waals surface area contributed by atoms with Gasteiger partial charge < -0.3 is 10.6 Å². The molecule has 1 aromatic heterocycles. The summed E-state index contributed by atoms with van der Waals surface area (Å²) >= 11 is 0. The normalized spacial score (nSPS) is 10.3. The molecule has 7 heteroatoms. The fourth-order valence-corrected chi connectivity index (χ4v) is 2.25. The van der Waals surface area contributed by atoms with Crippen molar-refractivity contribution in [3.05, 3.63) is 46.8 Å². The molecule has 1 aromatic carbocycles. The summed E-state index contributed by atoms with van der Waals surface area (Å²) in [4.78, 5) is 35.9. The molecule has 120 valence electrons. The molecule has 0 unspecified atom stereocenters. The van der Waals surface area contributed by atoms with Gasteiger partial charge in [0.2, 0.25) is 0 Å². The Hall–Kier alpha value is -2.96. The third-order valence-corrected chi connectivity index (χ3v) is 3.57.